The van der Waals surface area contributed by atoms with Crippen LogP contribution in [0, 0.1) is 11.7 Å². The van der Waals surface area contributed by atoms with Gasteiger partial charge in [-0.15, -0.1) is 0 Å². The Morgan fingerprint density at radius 3 is 2.20 bits per heavy atom. The third kappa shape index (κ3) is 7.74. The van der Waals surface area contributed by atoms with Crippen molar-refractivity contribution in [3.63, 3.8) is 0 Å². The summed E-state index contributed by atoms with van der Waals surface area (Å²) in [5, 5.41) is 2.93. The summed E-state index contributed by atoms with van der Waals surface area (Å²) in [6.45, 7) is 5.35. The van der Waals surface area contributed by atoms with E-state index in [1.165, 1.54) is 59.5 Å². The monoisotopic (exact) mass is 607 g/mol. The van der Waals surface area contributed by atoms with Crippen molar-refractivity contribution in [1.29, 1.82) is 0 Å². The summed E-state index contributed by atoms with van der Waals surface area (Å²) in [6.07, 6.45) is 0.264. The molecule has 0 aliphatic rings. The molecular weight excluding hydrogens is 576 g/mol. The predicted molar refractivity (Wildman–Crippen MR) is 156 cm³/mol. The Bertz CT molecular complexity index is 1420. The molecule has 0 fully saturated rings. The van der Waals surface area contributed by atoms with Gasteiger partial charge in [0.2, 0.25) is 11.8 Å². The van der Waals surface area contributed by atoms with Crippen LogP contribution in [-0.4, -0.2) is 44.3 Å². The van der Waals surface area contributed by atoms with Gasteiger partial charge in [-0.2, -0.15) is 0 Å². The maximum atomic E-state index is 14.0. The van der Waals surface area contributed by atoms with Gasteiger partial charge in [0.1, 0.15) is 18.4 Å². The minimum absolute atomic E-state index is 0.0189. The lowest BCUT2D eigenvalue weighted by Gasteiger charge is -2.33. The third-order valence-corrected chi connectivity index (χ3v) is 8.73. The molecule has 11 heteroatoms. The maximum Gasteiger partial charge on any atom is 0.264 e. The first-order chi connectivity index (χ1) is 18.9. The van der Waals surface area contributed by atoms with Crippen LogP contribution in [0.3, 0.4) is 0 Å². The number of nitrogens with zero attached hydrogens (tertiary/aromatic N) is 2. The molecule has 3 rings (SSSR count). The smallest absolute Gasteiger partial charge is 0.264 e. The first-order valence-corrected chi connectivity index (χ1v) is 15.0. The van der Waals surface area contributed by atoms with Crippen molar-refractivity contribution in [2.45, 2.75) is 44.7 Å². The highest BCUT2D eigenvalue weighted by Gasteiger charge is 2.34. The number of halogens is 3. The van der Waals surface area contributed by atoms with E-state index in [0.29, 0.717) is 12.1 Å². The molecular formula is C29H32Cl2FN3O4S. The van der Waals surface area contributed by atoms with E-state index in [2.05, 4.69) is 5.32 Å². The lowest BCUT2D eigenvalue weighted by atomic mass is 10.1. The summed E-state index contributed by atoms with van der Waals surface area (Å²) < 4.78 is 42.2. The number of anilines is 1. The van der Waals surface area contributed by atoms with Gasteiger partial charge in [-0.25, -0.2) is 12.8 Å². The molecule has 0 saturated carbocycles. The topological polar surface area (TPSA) is 86.8 Å². The fraction of sp³-hybridized carbons (Fsp3) is 0.310. The molecule has 0 unspecified atom stereocenters. The molecule has 1 atom stereocenters. The van der Waals surface area contributed by atoms with Crippen LogP contribution in [0.15, 0.2) is 77.7 Å². The van der Waals surface area contributed by atoms with E-state index in [4.69, 9.17) is 23.2 Å². The molecule has 2 amide bonds. The number of rotatable bonds is 12. The van der Waals surface area contributed by atoms with Crippen LogP contribution >= 0.6 is 23.2 Å². The second-order valence-electron chi connectivity index (χ2n) is 9.61. The number of benzene rings is 3. The first-order valence-electron chi connectivity index (χ1n) is 12.8. The molecule has 7 nitrogen and oxygen atoms in total. The second-order valence-corrected chi connectivity index (χ2v) is 12.3. The summed E-state index contributed by atoms with van der Waals surface area (Å²) in [7, 11) is -4.28. The first kappa shape index (κ1) is 31.4. The maximum absolute atomic E-state index is 14.0. The molecule has 214 valence electrons. The van der Waals surface area contributed by atoms with Crippen LogP contribution < -0.4 is 9.62 Å². The largest absolute Gasteiger partial charge is 0.354 e. The van der Waals surface area contributed by atoms with E-state index in [1.807, 2.05) is 13.8 Å². The van der Waals surface area contributed by atoms with Crippen LogP contribution in [0.4, 0.5) is 10.1 Å². The van der Waals surface area contributed by atoms with Crippen LogP contribution in [-0.2, 0) is 26.2 Å². The standard InChI is InChI=1S/C29H32Cl2FN3O4S/c1-4-25(29(37)33-17-20(2)3)34(18-21-13-15-22(32)16-14-21)27(36)19-35(26-12-8-11-24(30)28(26)31)40(38,39)23-9-6-5-7-10-23/h5-16,20,25H,4,17-19H2,1-3H3,(H,33,37)/t25-/m0/s1. The van der Waals surface area contributed by atoms with Crippen LogP contribution in [0.5, 0.6) is 0 Å². The molecule has 0 radical (unpaired) electrons. The van der Waals surface area contributed by atoms with Crippen molar-refractivity contribution >= 4 is 50.7 Å². The van der Waals surface area contributed by atoms with Gasteiger partial charge in [-0.05, 0) is 54.3 Å². The Morgan fingerprint density at radius 1 is 0.950 bits per heavy atom. The van der Waals surface area contributed by atoms with Crippen molar-refractivity contribution in [1.82, 2.24) is 10.2 Å². The number of carbonyl (C=O) groups excluding carboxylic acids is 2. The minimum Gasteiger partial charge on any atom is -0.354 e. The Hall–Kier alpha value is -3.14. The van der Waals surface area contributed by atoms with Crippen molar-refractivity contribution in [3.05, 3.63) is 94.2 Å². The molecule has 0 spiro atoms. The Morgan fingerprint density at radius 2 is 1.60 bits per heavy atom. The number of amides is 2. The highest BCUT2D eigenvalue weighted by molar-refractivity contribution is 7.92. The summed E-state index contributed by atoms with van der Waals surface area (Å²) >= 11 is 12.7. The summed E-state index contributed by atoms with van der Waals surface area (Å²) in [5.41, 5.74) is 0.591. The molecule has 3 aromatic carbocycles. The van der Waals surface area contributed by atoms with Crippen molar-refractivity contribution < 1.29 is 22.4 Å². The van der Waals surface area contributed by atoms with E-state index in [9.17, 15) is 22.4 Å². The van der Waals surface area contributed by atoms with E-state index >= 15 is 0 Å². The SMILES string of the molecule is CC[C@@H](C(=O)NCC(C)C)N(Cc1ccc(F)cc1)C(=O)CN(c1cccc(Cl)c1Cl)S(=O)(=O)c1ccccc1. The van der Waals surface area contributed by atoms with E-state index in [1.54, 1.807) is 25.1 Å². The summed E-state index contributed by atoms with van der Waals surface area (Å²) in [6, 6.07) is 16.8. The van der Waals surface area contributed by atoms with Gasteiger partial charge in [-0.3, -0.25) is 13.9 Å². The molecule has 0 aromatic heterocycles. The highest BCUT2D eigenvalue weighted by atomic mass is 35.5. The fourth-order valence-electron chi connectivity index (χ4n) is 4.05. The molecule has 0 saturated heterocycles. The summed E-state index contributed by atoms with van der Waals surface area (Å²) in [5.74, 6) is -1.28. The van der Waals surface area contributed by atoms with Gasteiger partial charge in [-0.1, -0.05) is 80.4 Å². The molecule has 0 bridgehead atoms. The molecule has 0 aliphatic heterocycles. The molecule has 3 aromatic rings. The average Bonchev–Trinajstić information content (AvgIpc) is 2.93. The van der Waals surface area contributed by atoms with Gasteiger partial charge in [0.15, 0.2) is 0 Å². The second kappa shape index (κ2) is 14.0. The molecule has 1 N–H and O–H groups in total. The quantitative estimate of drug-likeness (QED) is 0.277. The molecule has 0 heterocycles. The fourth-order valence-corrected chi connectivity index (χ4v) is 5.94. The third-order valence-electron chi connectivity index (χ3n) is 6.15. The van der Waals surface area contributed by atoms with E-state index in [-0.39, 0.29) is 45.4 Å². The zero-order valence-corrected chi connectivity index (χ0v) is 24.8. The van der Waals surface area contributed by atoms with E-state index in [0.717, 1.165) is 4.31 Å². The highest BCUT2D eigenvalue weighted by Crippen LogP contribution is 2.35. The summed E-state index contributed by atoms with van der Waals surface area (Å²) in [4.78, 5) is 28.5. The van der Waals surface area contributed by atoms with Crippen molar-refractivity contribution in [2.24, 2.45) is 5.92 Å². The van der Waals surface area contributed by atoms with Crippen LogP contribution in [0.1, 0.15) is 32.8 Å². The number of sulfonamides is 1. The van der Waals surface area contributed by atoms with E-state index < -0.39 is 34.3 Å². The van der Waals surface area contributed by atoms with Crippen LogP contribution in [0.2, 0.25) is 10.0 Å². The van der Waals surface area contributed by atoms with Crippen molar-refractivity contribution in [3.8, 4) is 0 Å². The number of hydrogen-bond acceptors (Lipinski definition) is 4. The van der Waals surface area contributed by atoms with Gasteiger partial charge in [0.25, 0.3) is 10.0 Å². The minimum atomic E-state index is -4.28. The Kier molecular flexibility index (Phi) is 11.0. The van der Waals surface area contributed by atoms with Gasteiger partial charge >= 0.3 is 0 Å². The number of nitrogens with one attached hydrogen (secondary N) is 1. The van der Waals surface area contributed by atoms with Gasteiger partial charge < -0.3 is 10.2 Å². The lowest BCUT2D eigenvalue weighted by Crippen LogP contribution is -2.52. The number of carbonyl (C=O) groups is 2. The lowest BCUT2D eigenvalue weighted by molar-refractivity contribution is -0.140. The molecule has 0 aliphatic carbocycles. The normalized spacial score (nSPS) is 12.2. The van der Waals surface area contributed by atoms with Gasteiger partial charge in [0.05, 0.1) is 20.6 Å². The zero-order chi connectivity index (χ0) is 29.4. The zero-order valence-electron chi connectivity index (χ0n) is 22.5. The number of hydrogen-bond donors (Lipinski definition) is 1. The Labute approximate surface area is 244 Å². The molecule has 40 heavy (non-hydrogen) atoms. The average molecular weight is 609 g/mol. The Balaban J connectivity index is 2.07. The van der Waals surface area contributed by atoms with Gasteiger partial charge in [0, 0.05) is 13.1 Å². The van der Waals surface area contributed by atoms with Crippen molar-refractivity contribution in [2.75, 3.05) is 17.4 Å². The predicted octanol–water partition coefficient (Wildman–Crippen LogP) is 5.91. The van der Waals surface area contributed by atoms with Crippen LogP contribution in [0.25, 0.3) is 0 Å².